The van der Waals surface area contributed by atoms with E-state index in [1.165, 1.54) is 0 Å². The summed E-state index contributed by atoms with van der Waals surface area (Å²) in [7, 11) is 0. The fourth-order valence-electron chi connectivity index (χ4n) is 1.59. The van der Waals surface area contributed by atoms with Crippen LogP contribution in [0.1, 0.15) is 12.8 Å². The maximum Gasteiger partial charge on any atom is 0.233 e. The van der Waals surface area contributed by atoms with Crippen LogP contribution >= 0.6 is 0 Å². The zero-order chi connectivity index (χ0) is 10.4. The minimum atomic E-state index is -0.109. The maximum atomic E-state index is 10.9. The third kappa shape index (κ3) is 3.33. The van der Waals surface area contributed by atoms with Gasteiger partial charge in [-0.25, -0.2) is 0 Å². The van der Waals surface area contributed by atoms with Crippen LogP contribution in [0.15, 0.2) is 0 Å². The van der Waals surface area contributed by atoms with Crippen LogP contribution in [0.2, 0.25) is 0 Å². The lowest BCUT2D eigenvalue weighted by molar-refractivity contribution is -0.121. The van der Waals surface area contributed by atoms with Gasteiger partial charge < -0.3 is 16.0 Å². The molecule has 2 amide bonds. The number of carbonyl (C=O) groups is 2. The molecule has 5 nitrogen and oxygen atoms in total. The van der Waals surface area contributed by atoms with Crippen LogP contribution in [0, 0.1) is 5.92 Å². The monoisotopic (exact) mass is 199 g/mol. The van der Waals surface area contributed by atoms with Crippen LogP contribution in [0.4, 0.5) is 0 Å². The minimum absolute atomic E-state index is 0.0488. The molecule has 0 aromatic rings. The van der Waals surface area contributed by atoms with Crippen LogP contribution in [0.5, 0.6) is 0 Å². The van der Waals surface area contributed by atoms with Gasteiger partial charge in [0.2, 0.25) is 12.3 Å². The predicted octanol–water partition coefficient (Wildman–Crippen LogP) is -1.07. The van der Waals surface area contributed by atoms with Crippen molar-refractivity contribution in [1.82, 2.24) is 10.2 Å². The Labute approximate surface area is 83.6 Å². The fourth-order valence-corrected chi connectivity index (χ4v) is 1.59. The molecular formula is C9H17N3O2. The zero-order valence-corrected chi connectivity index (χ0v) is 8.24. The minimum Gasteiger partial charge on any atom is -0.355 e. The first-order chi connectivity index (χ1) is 6.76. The summed E-state index contributed by atoms with van der Waals surface area (Å²) in [6, 6.07) is 0. The van der Waals surface area contributed by atoms with Crippen LogP contribution < -0.4 is 11.1 Å². The van der Waals surface area contributed by atoms with E-state index in [9.17, 15) is 9.59 Å². The highest BCUT2D eigenvalue weighted by atomic mass is 16.1. The lowest BCUT2D eigenvalue weighted by Crippen LogP contribution is -2.39. The van der Waals surface area contributed by atoms with E-state index in [0.717, 1.165) is 32.3 Å². The molecule has 0 aliphatic carbocycles. The van der Waals surface area contributed by atoms with Crippen molar-refractivity contribution in [2.45, 2.75) is 12.8 Å². The SMILES string of the molecule is NCC(=O)NCC1CCN(C=O)CC1. The third-order valence-electron chi connectivity index (χ3n) is 2.57. The number of amides is 2. The number of nitrogens with one attached hydrogen (secondary N) is 1. The molecule has 14 heavy (non-hydrogen) atoms. The second-order valence-corrected chi connectivity index (χ2v) is 3.59. The Morgan fingerprint density at radius 3 is 2.64 bits per heavy atom. The molecule has 0 atom stereocenters. The number of hydrogen-bond acceptors (Lipinski definition) is 3. The van der Waals surface area contributed by atoms with E-state index in [1.807, 2.05) is 0 Å². The molecule has 3 N–H and O–H groups in total. The first kappa shape index (κ1) is 11.0. The zero-order valence-electron chi connectivity index (χ0n) is 8.24. The smallest absolute Gasteiger partial charge is 0.233 e. The number of hydrogen-bond donors (Lipinski definition) is 2. The van der Waals surface area contributed by atoms with Gasteiger partial charge >= 0.3 is 0 Å². The summed E-state index contributed by atoms with van der Waals surface area (Å²) in [6.07, 6.45) is 2.81. The second-order valence-electron chi connectivity index (χ2n) is 3.59. The molecule has 0 aromatic carbocycles. The fraction of sp³-hybridized carbons (Fsp3) is 0.778. The molecule has 80 valence electrons. The number of nitrogens with two attached hydrogens (primary N) is 1. The summed E-state index contributed by atoms with van der Waals surface area (Å²) in [4.78, 5) is 23.1. The van der Waals surface area contributed by atoms with Crippen molar-refractivity contribution in [1.29, 1.82) is 0 Å². The Bertz CT molecular complexity index is 200. The van der Waals surface area contributed by atoms with Gasteiger partial charge in [-0.1, -0.05) is 0 Å². The van der Waals surface area contributed by atoms with Gasteiger partial charge in [0.1, 0.15) is 0 Å². The lowest BCUT2D eigenvalue weighted by Gasteiger charge is -2.29. The van der Waals surface area contributed by atoms with Crippen LogP contribution in [0.3, 0.4) is 0 Å². The molecule has 1 rings (SSSR count). The highest BCUT2D eigenvalue weighted by molar-refractivity contribution is 5.77. The van der Waals surface area contributed by atoms with Gasteiger partial charge in [0, 0.05) is 19.6 Å². The Morgan fingerprint density at radius 2 is 2.14 bits per heavy atom. The Hall–Kier alpha value is -1.10. The molecule has 0 aromatic heterocycles. The molecule has 0 radical (unpaired) electrons. The maximum absolute atomic E-state index is 10.9. The van der Waals surface area contributed by atoms with Crippen LogP contribution in [0.25, 0.3) is 0 Å². The van der Waals surface area contributed by atoms with E-state index in [-0.39, 0.29) is 12.5 Å². The number of piperidine rings is 1. The molecule has 1 saturated heterocycles. The van der Waals surface area contributed by atoms with Crippen molar-refractivity contribution in [3.05, 3.63) is 0 Å². The highest BCUT2D eigenvalue weighted by Gasteiger charge is 2.17. The summed E-state index contributed by atoms with van der Waals surface area (Å²) >= 11 is 0. The van der Waals surface area contributed by atoms with Gasteiger partial charge in [0.15, 0.2) is 0 Å². The average molecular weight is 199 g/mol. The van der Waals surface area contributed by atoms with Gasteiger partial charge in [0.05, 0.1) is 6.54 Å². The number of carbonyl (C=O) groups excluding carboxylic acids is 2. The number of nitrogens with zero attached hydrogens (tertiary/aromatic N) is 1. The topological polar surface area (TPSA) is 75.4 Å². The van der Waals surface area contributed by atoms with Crippen molar-refractivity contribution < 1.29 is 9.59 Å². The standard InChI is InChI=1S/C9H17N3O2/c10-5-9(14)11-6-8-1-3-12(7-13)4-2-8/h7-8H,1-6,10H2,(H,11,14). The molecule has 1 heterocycles. The van der Waals surface area contributed by atoms with Crippen LogP contribution in [-0.4, -0.2) is 43.4 Å². The van der Waals surface area contributed by atoms with Gasteiger partial charge in [0.25, 0.3) is 0 Å². The number of rotatable bonds is 4. The van der Waals surface area contributed by atoms with Crippen molar-refractivity contribution in [2.75, 3.05) is 26.2 Å². The van der Waals surface area contributed by atoms with Crippen molar-refractivity contribution >= 4 is 12.3 Å². The van der Waals surface area contributed by atoms with E-state index in [4.69, 9.17) is 5.73 Å². The van der Waals surface area contributed by atoms with E-state index in [1.54, 1.807) is 4.90 Å². The van der Waals surface area contributed by atoms with Crippen molar-refractivity contribution in [3.63, 3.8) is 0 Å². The Morgan fingerprint density at radius 1 is 1.50 bits per heavy atom. The normalized spacial score (nSPS) is 17.9. The summed E-state index contributed by atoms with van der Waals surface area (Å²) in [6.45, 7) is 2.33. The molecule has 0 unspecified atom stereocenters. The quantitative estimate of drug-likeness (QED) is 0.566. The van der Waals surface area contributed by atoms with Gasteiger partial charge in [-0.05, 0) is 18.8 Å². The van der Waals surface area contributed by atoms with Gasteiger partial charge in [-0.2, -0.15) is 0 Å². The van der Waals surface area contributed by atoms with Crippen LogP contribution in [-0.2, 0) is 9.59 Å². The second kappa shape index (κ2) is 5.59. The van der Waals surface area contributed by atoms with E-state index < -0.39 is 0 Å². The summed E-state index contributed by atoms with van der Waals surface area (Å²) in [5.41, 5.74) is 5.16. The average Bonchev–Trinajstić information content (AvgIpc) is 2.26. The largest absolute Gasteiger partial charge is 0.355 e. The molecule has 0 saturated carbocycles. The molecule has 5 heteroatoms. The first-order valence-corrected chi connectivity index (χ1v) is 4.92. The van der Waals surface area contributed by atoms with Gasteiger partial charge in [-0.15, -0.1) is 0 Å². The van der Waals surface area contributed by atoms with E-state index in [2.05, 4.69) is 5.32 Å². The summed E-state index contributed by atoms with van der Waals surface area (Å²) < 4.78 is 0. The van der Waals surface area contributed by atoms with Crippen molar-refractivity contribution in [2.24, 2.45) is 11.7 Å². The predicted molar refractivity (Wildman–Crippen MR) is 52.4 cm³/mol. The highest BCUT2D eigenvalue weighted by Crippen LogP contribution is 2.14. The molecule has 1 aliphatic rings. The van der Waals surface area contributed by atoms with E-state index in [0.29, 0.717) is 12.5 Å². The molecular weight excluding hydrogens is 182 g/mol. The third-order valence-corrected chi connectivity index (χ3v) is 2.57. The Balaban J connectivity index is 2.16. The molecule has 1 fully saturated rings. The lowest BCUT2D eigenvalue weighted by atomic mass is 9.97. The van der Waals surface area contributed by atoms with Gasteiger partial charge in [-0.3, -0.25) is 9.59 Å². The first-order valence-electron chi connectivity index (χ1n) is 4.92. The molecule has 0 spiro atoms. The summed E-state index contributed by atoms with van der Waals surface area (Å²) in [5.74, 6) is 0.379. The Kier molecular flexibility index (Phi) is 4.39. The van der Waals surface area contributed by atoms with E-state index >= 15 is 0 Å². The van der Waals surface area contributed by atoms with Crippen molar-refractivity contribution in [3.8, 4) is 0 Å². The molecule has 0 bridgehead atoms. The molecule has 1 aliphatic heterocycles. The number of likely N-dealkylation sites (tertiary alicyclic amines) is 1. The summed E-state index contributed by atoms with van der Waals surface area (Å²) in [5, 5.41) is 2.76.